The number of halogens is 3. The van der Waals surface area contributed by atoms with Crippen molar-refractivity contribution in [2.24, 2.45) is 0 Å². The van der Waals surface area contributed by atoms with E-state index >= 15 is 0 Å². The van der Waals surface area contributed by atoms with Crippen LogP contribution in [0.3, 0.4) is 0 Å². The second-order valence-electron chi connectivity index (χ2n) is 4.76. The largest absolute Gasteiger partial charge is 0.385 e. The molecule has 0 fully saturated rings. The third-order valence-electron chi connectivity index (χ3n) is 3.33. The molecule has 0 bridgehead atoms. The Labute approximate surface area is 143 Å². The van der Waals surface area contributed by atoms with Crippen LogP contribution >= 0.6 is 43.5 Å². The second-order valence-corrected chi connectivity index (χ2v) is 6.32. The lowest BCUT2D eigenvalue weighted by molar-refractivity contribution is 0.0935. The van der Waals surface area contributed by atoms with Crippen molar-refractivity contribution in [1.82, 2.24) is 0 Å². The van der Waals surface area contributed by atoms with E-state index in [2.05, 4.69) is 44.0 Å². The molecule has 1 aromatic carbocycles. The Balaban J connectivity index is 2.56. The van der Waals surface area contributed by atoms with Gasteiger partial charge in [0.15, 0.2) is 0 Å². The van der Waals surface area contributed by atoms with Crippen molar-refractivity contribution in [3.8, 4) is 0 Å². The van der Waals surface area contributed by atoms with Gasteiger partial charge >= 0.3 is 0 Å². The first-order valence-electron chi connectivity index (χ1n) is 6.63. The second kappa shape index (κ2) is 10.2. The van der Waals surface area contributed by atoms with E-state index in [4.69, 9.17) is 21.1 Å². The summed E-state index contributed by atoms with van der Waals surface area (Å²) < 4.78 is 10.7. The molecular formula is C15H21Br2ClO2. The Morgan fingerprint density at radius 2 is 1.70 bits per heavy atom. The fourth-order valence-corrected chi connectivity index (χ4v) is 4.21. The van der Waals surface area contributed by atoms with Crippen LogP contribution in [0.15, 0.2) is 24.3 Å². The molecule has 0 heterocycles. The van der Waals surface area contributed by atoms with E-state index in [1.165, 1.54) is 5.56 Å². The molecule has 2 nitrogen and oxygen atoms in total. The molecule has 0 aromatic heterocycles. The van der Waals surface area contributed by atoms with Gasteiger partial charge in [0.1, 0.15) is 0 Å². The summed E-state index contributed by atoms with van der Waals surface area (Å²) >= 11 is 13.3. The molecule has 0 amide bonds. The van der Waals surface area contributed by atoms with Crippen LogP contribution in [0.1, 0.15) is 18.4 Å². The maximum absolute atomic E-state index is 5.96. The Morgan fingerprint density at radius 3 is 2.25 bits per heavy atom. The number of ether oxygens (including phenoxy) is 2. The summed E-state index contributed by atoms with van der Waals surface area (Å²) in [6, 6.07) is 8.07. The van der Waals surface area contributed by atoms with Crippen molar-refractivity contribution >= 4 is 43.5 Å². The third kappa shape index (κ3) is 5.64. The van der Waals surface area contributed by atoms with Crippen LogP contribution in [0.2, 0.25) is 5.02 Å². The van der Waals surface area contributed by atoms with Crippen molar-refractivity contribution in [3.05, 3.63) is 34.9 Å². The molecular weight excluding hydrogens is 407 g/mol. The zero-order valence-electron chi connectivity index (χ0n) is 11.7. The van der Waals surface area contributed by atoms with Crippen molar-refractivity contribution < 1.29 is 9.47 Å². The molecule has 0 N–H and O–H groups in total. The van der Waals surface area contributed by atoms with Crippen LogP contribution < -0.4 is 0 Å². The maximum Gasteiger partial charge on any atom is 0.0487 e. The van der Waals surface area contributed by atoms with E-state index in [0.717, 1.165) is 48.3 Å². The highest BCUT2D eigenvalue weighted by Crippen LogP contribution is 2.33. The summed E-state index contributed by atoms with van der Waals surface area (Å²) in [5, 5.41) is 2.53. The average molecular weight is 429 g/mol. The predicted molar refractivity (Wildman–Crippen MR) is 92.6 cm³/mol. The minimum absolute atomic E-state index is 0.0336. The van der Waals surface area contributed by atoms with Gasteiger partial charge in [-0.2, -0.15) is 0 Å². The van der Waals surface area contributed by atoms with Crippen LogP contribution in [0.25, 0.3) is 0 Å². The van der Waals surface area contributed by atoms with E-state index in [9.17, 15) is 0 Å². The minimum atomic E-state index is 0.0336. The number of alkyl halides is 2. The van der Waals surface area contributed by atoms with E-state index in [-0.39, 0.29) is 5.41 Å². The Hall–Kier alpha value is 0.390. The molecule has 0 unspecified atom stereocenters. The van der Waals surface area contributed by atoms with E-state index in [0.29, 0.717) is 0 Å². The first-order chi connectivity index (χ1) is 9.68. The summed E-state index contributed by atoms with van der Waals surface area (Å²) in [5.41, 5.74) is 1.31. The summed E-state index contributed by atoms with van der Waals surface area (Å²) in [4.78, 5) is 0. The number of hydrogen-bond acceptors (Lipinski definition) is 2. The molecule has 1 rings (SSSR count). The van der Waals surface area contributed by atoms with Crippen LogP contribution in [0, 0.1) is 0 Å². The van der Waals surface area contributed by atoms with Crippen molar-refractivity contribution in [2.45, 2.75) is 18.3 Å². The van der Waals surface area contributed by atoms with Crippen LogP contribution in [-0.4, -0.2) is 37.6 Å². The van der Waals surface area contributed by atoms with Crippen LogP contribution in [0.5, 0.6) is 0 Å². The SMILES string of the molecule is COCCCOCCC(CBr)(CBr)c1ccc(Cl)cc1. The number of hydrogen-bond donors (Lipinski definition) is 0. The highest BCUT2D eigenvalue weighted by Gasteiger charge is 2.29. The number of benzene rings is 1. The zero-order chi connectivity index (χ0) is 14.8. The highest BCUT2D eigenvalue weighted by molar-refractivity contribution is 9.09. The monoisotopic (exact) mass is 426 g/mol. The van der Waals surface area contributed by atoms with Crippen molar-refractivity contribution in [2.75, 3.05) is 37.6 Å². The van der Waals surface area contributed by atoms with Gasteiger partial charge in [0.25, 0.3) is 0 Å². The standard InChI is InChI=1S/C15H21Br2ClO2/c1-19-8-2-9-20-10-7-15(11-16,12-17)13-3-5-14(18)6-4-13/h3-6H,2,7-12H2,1H3. The smallest absolute Gasteiger partial charge is 0.0487 e. The minimum Gasteiger partial charge on any atom is -0.385 e. The van der Waals surface area contributed by atoms with Gasteiger partial charge in [-0.3, -0.25) is 0 Å². The Kier molecular flexibility index (Phi) is 9.38. The molecule has 20 heavy (non-hydrogen) atoms. The van der Waals surface area contributed by atoms with Crippen LogP contribution in [-0.2, 0) is 14.9 Å². The summed E-state index contributed by atoms with van der Waals surface area (Å²) in [7, 11) is 1.71. The first kappa shape index (κ1) is 18.4. The first-order valence-corrected chi connectivity index (χ1v) is 9.25. The zero-order valence-corrected chi connectivity index (χ0v) is 15.6. The summed E-state index contributed by atoms with van der Waals surface area (Å²) in [6.07, 6.45) is 1.89. The normalized spacial score (nSPS) is 11.8. The fraction of sp³-hybridized carbons (Fsp3) is 0.600. The molecule has 5 heteroatoms. The van der Waals surface area contributed by atoms with Crippen molar-refractivity contribution in [3.63, 3.8) is 0 Å². The molecule has 0 spiro atoms. The maximum atomic E-state index is 5.96. The predicted octanol–water partition coefficient (Wildman–Crippen LogP) is 4.81. The molecule has 0 aliphatic carbocycles. The highest BCUT2D eigenvalue weighted by atomic mass is 79.9. The summed E-state index contributed by atoms with van der Waals surface area (Å²) in [6.45, 7) is 2.23. The Morgan fingerprint density at radius 1 is 1.05 bits per heavy atom. The molecule has 0 saturated carbocycles. The van der Waals surface area contributed by atoms with Gasteiger partial charge in [0.05, 0.1) is 0 Å². The van der Waals surface area contributed by atoms with Crippen molar-refractivity contribution in [1.29, 1.82) is 0 Å². The topological polar surface area (TPSA) is 18.5 Å². The van der Waals surface area contributed by atoms with E-state index < -0.39 is 0 Å². The molecule has 0 aliphatic heterocycles. The molecule has 0 saturated heterocycles. The van der Waals surface area contributed by atoms with Gasteiger partial charge in [0.2, 0.25) is 0 Å². The van der Waals surface area contributed by atoms with Gasteiger partial charge in [-0.15, -0.1) is 0 Å². The molecule has 0 radical (unpaired) electrons. The average Bonchev–Trinajstić information content (AvgIpc) is 2.48. The van der Waals surface area contributed by atoms with Gasteiger partial charge in [0, 0.05) is 48.0 Å². The van der Waals surface area contributed by atoms with Gasteiger partial charge in [-0.1, -0.05) is 55.6 Å². The molecule has 114 valence electrons. The lowest BCUT2D eigenvalue weighted by atomic mass is 9.82. The molecule has 1 aromatic rings. The van der Waals surface area contributed by atoms with Crippen LogP contribution in [0.4, 0.5) is 0 Å². The lowest BCUT2D eigenvalue weighted by Crippen LogP contribution is -2.32. The molecule has 0 atom stereocenters. The number of rotatable bonds is 10. The molecule has 0 aliphatic rings. The lowest BCUT2D eigenvalue weighted by Gasteiger charge is -2.30. The van der Waals surface area contributed by atoms with E-state index in [1.807, 2.05) is 12.1 Å². The van der Waals surface area contributed by atoms with Gasteiger partial charge in [-0.05, 0) is 30.5 Å². The quantitative estimate of drug-likeness (QED) is 0.393. The Bertz CT molecular complexity index is 367. The fourth-order valence-electron chi connectivity index (χ4n) is 1.95. The number of methoxy groups -OCH3 is 1. The third-order valence-corrected chi connectivity index (χ3v) is 5.73. The van der Waals surface area contributed by atoms with Gasteiger partial charge in [-0.25, -0.2) is 0 Å². The van der Waals surface area contributed by atoms with Gasteiger partial charge < -0.3 is 9.47 Å². The summed E-state index contributed by atoms with van der Waals surface area (Å²) in [5.74, 6) is 0. The van der Waals surface area contributed by atoms with E-state index in [1.54, 1.807) is 7.11 Å².